The molecule has 0 aliphatic carbocycles. The third kappa shape index (κ3) is 3.35. The van der Waals surface area contributed by atoms with Gasteiger partial charge in [-0.25, -0.2) is 4.79 Å². The summed E-state index contributed by atoms with van der Waals surface area (Å²) in [6.07, 6.45) is 0. The normalized spacial score (nSPS) is 10.6. The van der Waals surface area contributed by atoms with Crippen molar-refractivity contribution in [2.24, 2.45) is 0 Å². The molecule has 0 unspecified atom stereocenters. The van der Waals surface area contributed by atoms with Gasteiger partial charge in [-0.2, -0.15) is 0 Å². The van der Waals surface area contributed by atoms with Crippen LogP contribution in [-0.2, 0) is 0 Å². The highest BCUT2D eigenvalue weighted by Gasteiger charge is 2.18. The summed E-state index contributed by atoms with van der Waals surface area (Å²) in [6.45, 7) is 0. The molecule has 1 N–H and O–H groups in total. The van der Waals surface area contributed by atoms with Crippen LogP contribution in [0.2, 0.25) is 20.1 Å². The van der Waals surface area contributed by atoms with Gasteiger partial charge in [0.1, 0.15) is 0 Å². The zero-order valence-electron chi connectivity index (χ0n) is 9.66. The lowest BCUT2D eigenvalue weighted by atomic mass is 10.2. The molecule has 2 rings (SSSR count). The van der Waals surface area contributed by atoms with Crippen LogP contribution in [0.1, 0.15) is 10.4 Å². The van der Waals surface area contributed by atoms with Gasteiger partial charge in [0, 0.05) is 14.8 Å². The highest BCUT2D eigenvalue weighted by atomic mass is 35.5. The summed E-state index contributed by atoms with van der Waals surface area (Å²) >= 11 is 25.0. The minimum atomic E-state index is -1.12. The Bertz CT molecular complexity index is 688. The number of rotatable bonds is 3. The van der Waals surface area contributed by atoms with E-state index in [1.807, 2.05) is 0 Å². The Balaban J connectivity index is 2.53. The van der Waals surface area contributed by atoms with Gasteiger partial charge in [0.15, 0.2) is 0 Å². The van der Waals surface area contributed by atoms with Crippen LogP contribution < -0.4 is 0 Å². The molecule has 0 radical (unpaired) electrons. The SMILES string of the molecule is O=C(O)c1cc(Cl)cc(Cl)c1Sc1cccc(Cl)c1Cl. The van der Waals surface area contributed by atoms with Crippen LogP contribution in [0.5, 0.6) is 0 Å². The van der Waals surface area contributed by atoms with E-state index in [0.717, 1.165) is 11.8 Å². The molecule has 0 atom stereocenters. The second kappa shape index (κ2) is 6.46. The van der Waals surface area contributed by atoms with Gasteiger partial charge in [-0.15, -0.1) is 0 Å². The maximum Gasteiger partial charge on any atom is 0.336 e. The molecule has 7 heteroatoms. The van der Waals surface area contributed by atoms with Crippen LogP contribution in [0.25, 0.3) is 0 Å². The Morgan fingerprint density at radius 1 is 1.05 bits per heavy atom. The van der Waals surface area contributed by atoms with Crippen molar-refractivity contribution in [2.45, 2.75) is 9.79 Å². The van der Waals surface area contributed by atoms with E-state index in [1.165, 1.54) is 12.1 Å². The van der Waals surface area contributed by atoms with Crippen LogP contribution in [0.4, 0.5) is 0 Å². The van der Waals surface area contributed by atoms with Gasteiger partial charge in [-0.05, 0) is 24.3 Å². The molecule has 0 amide bonds. The molecule has 0 aliphatic heterocycles. The van der Waals surface area contributed by atoms with Crippen LogP contribution in [-0.4, -0.2) is 11.1 Å². The van der Waals surface area contributed by atoms with Gasteiger partial charge < -0.3 is 5.11 Å². The number of carboxylic acids is 1. The fraction of sp³-hybridized carbons (Fsp3) is 0. The zero-order valence-corrected chi connectivity index (χ0v) is 13.5. The molecule has 0 heterocycles. The first kappa shape index (κ1) is 15.8. The summed E-state index contributed by atoms with van der Waals surface area (Å²) in [4.78, 5) is 12.3. The predicted molar refractivity (Wildman–Crippen MR) is 84.0 cm³/mol. The Hall–Kier alpha value is -0.580. The third-order valence-electron chi connectivity index (χ3n) is 2.37. The highest BCUT2D eigenvalue weighted by molar-refractivity contribution is 7.99. The van der Waals surface area contributed by atoms with Gasteiger partial charge in [0.05, 0.1) is 20.6 Å². The van der Waals surface area contributed by atoms with E-state index in [4.69, 9.17) is 46.4 Å². The summed E-state index contributed by atoms with van der Waals surface area (Å²) in [7, 11) is 0. The number of halogens is 4. The van der Waals surface area contributed by atoms with E-state index in [9.17, 15) is 9.90 Å². The summed E-state index contributed by atoms with van der Waals surface area (Å²) < 4.78 is 0. The van der Waals surface area contributed by atoms with E-state index < -0.39 is 5.97 Å². The van der Waals surface area contributed by atoms with Crippen LogP contribution in [0, 0.1) is 0 Å². The lowest BCUT2D eigenvalue weighted by Gasteiger charge is -2.10. The van der Waals surface area contributed by atoms with E-state index in [2.05, 4.69) is 0 Å². The molecule has 2 aromatic carbocycles. The molecule has 0 aliphatic rings. The molecular formula is C13H6Cl4O2S. The topological polar surface area (TPSA) is 37.3 Å². The van der Waals surface area contributed by atoms with E-state index in [-0.39, 0.29) is 15.6 Å². The van der Waals surface area contributed by atoms with Crippen molar-refractivity contribution >= 4 is 64.1 Å². The van der Waals surface area contributed by atoms with Crippen molar-refractivity contribution < 1.29 is 9.90 Å². The first-order valence-corrected chi connectivity index (χ1v) is 7.57. The Morgan fingerprint density at radius 2 is 1.75 bits per heavy atom. The molecule has 104 valence electrons. The second-order valence-electron chi connectivity index (χ2n) is 3.72. The van der Waals surface area contributed by atoms with Crippen molar-refractivity contribution in [1.82, 2.24) is 0 Å². The first-order valence-electron chi connectivity index (χ1n) is 5.24. The number of carboxylic acid groups (broad SMARTS) is 1. The Kier molecular flexibility index (Phi) is 5.10. The number of aromatic carboxylic acids is 1. The lowest BCUT2D eigenvalue weighted by molar-refractivity contribution is 0.0693. The predicted octanol–water partition coefficient (Wildman–Crippen LogP) is 6.15. The van der Waals surface area contributed by atoms with E-state index in [1.54, 1.807) is 18.2 Å². The fourth-order valence-electron chi connectivity index (χ4n) is 1.50. The average Bonchev–Trinajstić information content (AvgIpc) is 2.37. The molecule has 2 nitrogen and oxygen atoms in total. The number of benzene rings is 2. The number of hydrogen-bond donors (Lipinski definition) is 1. The Labute approximate surface area is 139 Å². The number of hydrogen-bond acceptors (Lipinski definition) is 2. The number of carbonyl (C=O) groups is 1. The molecule has 0 saturated carbocycles. The fourth-order valence-corrected chi connectivity index (χ4v) is 3.56. The summed E-state index contributed by atoms with van der Waals surface area (Å²) in [5.74, 6) is -1.12. The van der Waals surface area contributed by atoms with Gasteiger partial charge >= 0.3 is 5.97 Å². The molecule has 0 fully saturated rings. The Morgan fingerprint density at radius 3 is 2.40 bits per heavy atom. The average molecular weight is 368 g/mol. The maximum atomic E-state index is 11.3. The molecule has 2 aromatic rings. The second-order valence-corrected chi connectivity index (χ2v) is 6.40. The van der Waals surface area contributed by atoms with Crippen molar-refractivity contribution in [3.63, 3.8) is 0 Å². The van der Waals surface area contributed by atoms with Gasteiger partial charge in [0.2, 0.25) is 0 Å². The summed E-state index contributed by atoms with van der Waals surface area (Å²) in [5, 5.41) is 10.5. The summed E-state index contributed by atoms with van der Waals surface area (Å²) in [6, 6.07) is 7.93. The van der Waals surface area contributed by atoms with Crippen LogP contribution in [0.3, 0.4) is 0 Å². The van der Waals surface area contributed by atoms with Crippen molar-refractivity contribution in [3.05, 3.63) is 56.0 Å². The van der Waals surface area contributed by atoms with Gasteiger partial charge in [-0.3, -0.25) is 0 Å². The maximum absolute atomic E-state index is 11.3. The molecule has 0 spiro atoms. The van der Waals surface area contributed by atoms with Crippen LogP contribution >= 0.6 is 58.2 Å². The molecular weight excluding hydrogens is 362 g/mol. The minimum absolute atomic E-state index is 0.0172. The van der Waals surface area contributed by atoms with Crippen LogP contribution in [0.15, 0.2) is 40.1 Å². The molecule has 0 saturated heterocycles. The minimum Gasteiger partial charge on any atom is -0.478 e. The standard InChI is InChI=1S/C13H6Cl4O2S/c14-6-4-7(13(18)19)12(9(16)5-6)20-10-3-1-2-8(15)11(10)17/h1-5H,(H,18,19). The van der Waals surface area contributed by atoms with Crippen molar-refractivity contribution in [2.75, 3.05) is 0 Å². The largest absolute Gasteiger partial charge is 0.478 e. The lowest BCUT2D eigenvalue weighted by Crippen LogP contribution is -1.99. The molecule has 0 bridgehead atoms. The van der Waals surface area contributed by atoms with Crippen molar-refractivity contribution in [1.29, 1.82) is 0 Å². The highest BCUT2D eigenvalue weighted by Crippen LogP contribution is 2.42. The molecule has 20 heavy (non-hydrogen) atoms. The quantitative estimate of drug-likeness (QED) is 0.706. The monoisotopic (exact) mass is 366 g/mol. The van der Waals surface area contributed by atoms with Gasteiger partial charge in [-0.1, -0.05) is 64.2 Å². The summed E-state index contributed by atoms with van der Waals surface area (Å²) in [5.41, 5.74) is 0.0172. The smallest absolute Gasteiger partial charge is 0.336 e. The molecule has 0 aromatic heterocycles. The van der Waals surface area contributed by atoms with E-state index in [0.29, 0.717) is 19.8 Å². The van der Waals surface area contributed by atoms with Gasteiger partial charge in [0.25, 0.3) is 0 Å². The van der Waals surface area contributed by atoms with E-state index >= 15 is 0 Å². The first-order chi connectivity index (χ1) is 9.40. The van der Waals surface area contributed by atoms with Crippen molar-refractivity contribution in [3.8, 4) is 0 Å². The zero-order chi connectivity index (χ0) is 14.9. The third-order valence-corrected chi connectivity index (χ3v) is 5.13.